The number of aromatic amines is 1. The predicted octanol–water partition coefficient (Wildman–Crippen LogP) is 1.80. The van der Waals surface area contributed by atoms with Crippen LogP contribution in [0, 0.1) is 12.7 Å². The van der Waals surface area contributed by atoms with E-state index < -0.39 is 15.8 Å². The highest BCUT2D eigenvalue weighted by molar-refractivity contribution is 7.92. The minimum absolute atomic E-state index is 0.0620. The fourth-order valence-electron chi connectivity index (χ4n) is 1.81. The number of nitrogens with two attached hydrogens (primary N) is 1. The maximum absolute atomic E-state index is 13.3. The van der Waals surface area contributed by atoms with Crippen LogP contribution in [0.2, 0.25) is 0 Å². The van der Waals surface area contributed by atoms with Crippen molar-refractivity contribution < 1.29 is 12.8 Å². The summed E-state index contributed by atoms with van der Waals surface area (Å²) in [5.74, 6) is -0.341. The lowest BCUT2D eigenvalue weighted by molar-refractivity contribution is 0.599. The van der Waals surface area contributed by atoms with Gasteiger partial charge in [-0.1, -0.05) is 6.92 Å². The Morgan fingerprint density at radius 1 is 1.45 bits per heavy atom. The summed E-state index contributed by atoms with van der Waals surface area (Å²) in [6.07, 6.45) is 2.17. The third-order valence-corrected chi connectivity index (χ3v) is 4.41. The third-order valence-electron chi connectivity index (χ3n) is 2.92. The van der Waals surface area contributed by atoms with Gasteiger partial charge in [0, 0.05) is 5.56 Å². The van der Waals surface area contributed by atoms with Crippen LogP contribution in [0.3, 0.4) is 0 Å². The maximum atomic E-state index is 13.3. The molecule has 1 aromatic carbocycles. The molecule has 0 unspecified atom stereocenters. The first kappa shape index (κ1) is 14.3. The Morgan fingerprint density at radius 3 is 2.80 bits per heavy atom. The van der Waals surface area contributed by atoms with Gasteiger partial charge >= 0.3 is 0 Å². The molecule has 0 aliphatic rings. The number of H-pyrrole nitrogens is 1. The quantitative estimate of drug-likeness (QED) is 0.749. The van der Waals surface area contributed by atoms with Crippen LogP contribution in [0.25, 0.3) is 0 Å². The van der Waals surface area contributed by atoms with Crippen LogP contribution in [0.5, 0.6) is 0 Å². The zero-order valence-electron chi connectivity index (χ0n) is 11.1. The number of hydrogen-bond donors (Lipinski definition) is 3. The van der Waals surface area contributed by atoms with E-state index in [0.29, 0.717) is 12.2 Å². The molecule has 0 spiro atoms. The highest BCUT2D eigenvalue weighted by Gasteiger charge is 2.20. The fraction of sp³-hybridized carbons (Fsp3) is 0.250. The van der Waals surface area contributed by atoms with Crippen LogP contribution >= 0.6 is 0 Å². The van der Waals surface area contributed by atoms with Crippen molar-refractivity contribution in [3.8, 4) is 0 Å². The van der Waals surface area contributed by atoms with Gasteiger partial charge in [-0.25, -0.2) is 12.8 Å². The van der Waals surface area contributed by atoms with Gasteiger partial charge in [0.2, 0.25) is 0 Å². The first-order chi connectivity index (χ1) is 9.35. The number of benzene rings is 1. The standard InChI is InChI=1S/C12H15FN4O2S/c1-3-8-6-15-16-12(8)17-20(18,19)11-5-10(14)9(13)4-7(11)2/h4-6H,3,14H2,1-2H3,(H2,15,16,17). The van der Waals surface area contributed by atoms with Crippen LogP contribution in [0.4, 0.5) is 15.9 Å². The van der Waals surface area contributed by atoms with Gasteiger partial charge < -0.3 is 5.73 Å². The van der Waals surface area contributed by atoms with E-state index in [1.54, 1.807) is 6.20 Å². The Hall–Kier alpha value is -2.09. The summed E-state index contributed by atoms with van der Waals surface area (Å²) in [7, 11) is -3.85. The summed E-state index contributed by atoms with van der Waals surface area (Å²) in [5, 5.41) is 6.37. The molecule has 0 aliphatic heterocycles. The molecule has 1 heterocycles. The van der Waals surface area contributed by atoms with E-state index in [9.17, 15) is 12.8 Å². The highest BCUT2D eigenvalue weighted by atomic mass is 32.2. The SMILES string of the molecule is CCc1cn[nH]c1NS(=O)(=O)c1cc(N)c(F)cc1C. The van der Waals surface area contributed by atoms with Crippen LogP contribution in [-0.4, -0.2) is 18.6 Å². The first-order valence-corrected chi connectivity index (χ1v) is 7.44. The van der Waals surface area contributed by atoms with E-state index in [4.69, 9.17) is 5.73 Å². The largest absolute Gasteiger partial charge is 0.396 e. The van der Waals surface area contributed by atoms with Crippen molar-refractivity contribution in [1.82, 2.24) is 10.2 Å². The number of hydrogen-bond acceptors (Lipinski definition) is 4. The van der Waals surface area contributed by atoms with Gasteiger partial charge in [0.25, 0.3) is 10.0 Å². The lowest BCUT2D eigenvalue weighted by atomic mass is 10.2. The average Bonchev–Trinajstić information content (AvgIpc) is 2.80. The van der Waals surface area contributed by atoms with Crippen molar-refractivity contribution in [2.24, 2.45) is 0 Å². The Labute approximate surface area is 116 Å². The van der Waals surface area contributed by atoms with E-state index in [-0.39, 0.29) is 16.1 Å². The Kier molecular flexibility index (Phi) is 3.67. The summed E-state index contributed by atoms with van der Waals surface area (Å²) in [4.78, 5) is -0.0620. The number of nitrogens with one attached hydrogen (secondary N) is 2. The first-order valence-electron chi connectivity index (χ1n) is 5.96. The molecule has 0 radical (unpaired) electrons. The smallest absolute Gasteiger partial charge is 0.263 e. The molecule has 20 heavy (non-hydrogen) atoms. The maximum Gasteiger partial charge on any atom is 0.263 e. The molecule has 0 aliphatic carbocycles. The molecule has 2 aromatic rings. The van der Waals surface area contributed by atoms with Crippen molar-refractivity contribution in [1.29, 1.82) is 0 Å². The van der Waals surface area contributed by atoms with Crippen LogP contribution < -0.4 is 10.5 Å². The zero-order valence-corrected chi connectivity index (χ0v) is 11.9. The normalized spacial score (nSPS) is 11.6. The molecule has 0 amide bonds. The molecular formula is C12H15FN4O2S. The van der Waals surface area contributed by atoms with Gasteiger partial charge in [-0.15, -0.1) is 0 Å². The lowest BCUT2D eigenvalue weighted by Crippen LogP contribution is -2.16. The van der Waals surface area contributed by atoms with Crippen molar-refractivity contribution >= 4 is 21.5 Å². The minimum Gasteiger partial charge on any atom is -0.396 e. The predicted molar refractivity (Wildman–Crippen MR) is 74.3 cm³/mol. The molecule has 8 heteroatoms. The van der Waals surface area contributed by atoms with Gasteiger partial charge in [0.15, 0.2) is 0 Å². The third kappa shape index (κ3) is 2.60. The molecule has 0 bridgehead atoms. The second-order valence-electron chi connectivity index (χ2n) is 4.37. The summed E-state index contributed by atoms with van der Waals surface area (Å²) >= 11 is 0. The monoisotopic (exact) mass is 298 g/mol. The van der Waals surface area contributed by atoms with Crippen molar-refractivity contribution in [3.63, 3.8) is 0 Å². The van der Waals surface area contributed by atoms with Crippen molar-refractivity contribution in [2.45, 2.75) is 25.2 Å². The number of sulfonamides is 1. The molecule has 4 N–H and O–H groups in total. The molecule has 0 saturated heterocycles. The number of nitrogen functional groups attached to an aromatic ring is 1. The zero-order chi connectivity index (χ0) is 14.9. The Morgan fingerprint density at radius 2 is 2.15 bits per heavy atom. The van der Waals surface area contributed by atoms with E-state index in [2.05, 4.69) is 14.9 Å². The molecule has 1 aromatic heterocycles. The average molecular weight is 298 g/mol. The number of anilines is 2. The summed E-state index contributed by atoms with van der Waals surface area (Å²) < 4.78 is 40.3. The summed E-state index contributed by atoms with van der Waals surface area (Å²) in [5.41, 5.74) is 6.23. The van der Waals surface area contributed by atoms with E-state index in [1.807, 2.05) is 6.92 Å². The van der Waals surface area contributed by atoms with Gasteiger partial charge in [-0.2, -0.15) is 5.10 Å². The second-order valence-corrected chi connectivity index (χ2v) is 6.02. The van der Waals surface area contributed by atoms with Crippen LogP contribution in [-0.2, 0) is 16.4 Å². The van der Waals surface area contributed by atoms with Gasteiger partial charge in [-0.3, -0.25) is 9.82 Å². The summed E-state index contributed by atoms with van der Waals surface area (Å²) in [6.45, 7) is 3.38. The Bertz CT molecular complexity index is 740. The van der Waals surface area contributed by atoms with E-state index >= 15 is 0 Å². The van der Waals surface area contributed by atoms with Crippen molar-refractivity contribution in [3.05, 3.63) is 35.3 Å². The Balaban J connectivity index is 2.43. The van der Waals surface area contributed by atoms with E-state index in [1.165, 1.54) is 6.92 Å². The number of halogens is 1. The molecule has 2 rings (SSSR count). The number of rotatable bonds is 4. The summed E-state index contributed by atoms with van der Waals surface area (Å²) in [6, 6.07) is 2.20. The molecule has 0 fully saturated rings. The molecule has 108 valence electrons. The molecule has 6 nitrogen and oxygen atoms in total. The second kappa shape index (κ2) is 5.12. The van der Waals surface area contributed by atoms with Gasteiger partial charge in [-0.05, 0) is 31.0 Å². The van der Waals surface area contributed by atoms with Gasteiger partial charge in [0.05, 0.1) is 16.8 Å². The minimum atomic E-state index is -3.85. The number of aryl methyl sites for hydroxylation is 2. The van der Waals surface area contributed by atoms with Crippen LogP contribution in [0.15, 0.2) is 23.2 Å². The molecule has 0 atom stereocenters. The highest BCUT2D eigenvalue weighted by Crippen LogP contribution is 2.24. The fourth-order valence-corrected chi connectivity index (χ4v) is 3.14. The van der Waals surface area contributed by atoms with Crippen molar-refractivity contribution in [2.75, 3.05) is 10.5 Å². The molecule has 0 saturated carbocycles. The van der Waals surface area contributed by atoms with Gasteiger partial charge in [0.1, 0.15) is 11.6 Å². The van der Waals surface area contributed by atoms with E-state index in [0.717, 1.165) is 17.7 Å². The molecular weight excluding hydrogens is 283 g/mol. The lowest BCUT2D eigenvalue weighted by Gasteiger charge is -2.11. The topological polar surface area (TPSA) is 101 Å². The van der Waals surface area contributed by atoms with Crippen LogP contribution in [0.1, 0.15) is 18.1 Å². The number of nitrogens with zero attached hydrogens (tertiary/aromatic N) is 1. The number of aromatic nitrogens is 2.